The van der Waals surface area contributed by atoms with E-state index in [9.17, 15) is 9.59 Å². The molecule has 0 bridgehead atoms. The fraction of sp³-hybridized carbons (Fsp3) is 0.154. The summed E-state index contributed by atoms with van der Waals surface area (Å²) < 4.78 is 5.49. The topological polar surface area (TPSA) is 58.6 Å². The smallest absolute Gasteiger partial charge is 0.278 e. The number of carbonyl (C=O) groups is 2. The second kappa shape index (κ2) is 8.48. The highest BCUT2D eigenvalue weighted by molar-refractivity contribution is 6.37. The summed E-state index contributed by atoms with van der Waals surface area (Å²) in [6.45, 7) is 4.19. The molecule has 4 rings (SSSR count). The minimum absolute atomic E-state index is 0.204. The molecular formula is C26H24N2O3. The Morgan fingerprint density at radius 3 is 2.29 bits per heavy atom. The normalized spacial score (nSPS) is 13.7. The molecule has 1 N–H and O–H groups in total. The Bertz CT molecular complexity index is 1180. The van der Waals surface area contributed by atoms with Crippen molar-refractivity contribution in [3.8, 4) is 5.75 Å². The van der Waals surface area contributed by atoms with Crippen molar-refractivity contribution in [3.63, 3.8) is 0 Å². The van der Waals surface area contributed by atoms with Gasteiger partial charge in [-0.2, -0.15) is 0 Å². The molecule has 0 aliphatic carbocycles. The van der Waals surface area contributed by atoms with E-state index in [0.717, 1.165) is 22.4 Å². The molecule has 0 unspecified atom stereocenters. The molecule has 5 nitrogen and oxygen atoms in total. The number of methoxy groups -OCH3 is 1. The quantitative estimate of drug-likeness (QED) is 0.596. The molecule has 5 heteroatoms. The highest BCUT2D eigenvalue weighted by Gasteiger charge is 2.40. The van der Waals surface area contributed by atoms with E-state index in [2.05, 4.69) is 5.32 Å². The number of anilines is 1. The molecule has 3 aromatic carbocycles. The Labute approximate surface area is 182 Å². The van der Waals surface area contributed by atoms with Crippen LogP contribution in [0.1, 0.15) is 22.3 Å². The van der Waals surface area contributed by atoms with Crippen LogP contribution in [-0.4, -0.2) is 23.8 Å². The second-order valence-electron chi connectivity index (χ2n) is 7.58. The van der Waals surface area contributed by atoms with E-state index in [1.54, 1.807) is 19.2 Å². The number of aryl methyl sites for hydroxylation is 2. The van der Waals surface area contributed by atoms with Crippen LogP contribution in [0.2, 0.25) is 0 Å². The first kappa shape index (κ1) is 20.4. The first-order valence-corrected chi connectivity index (χ1v) is 10.1. The van der Waals surface area contributed by atoms with E-state index in [1.807, 2.05) is 74.5 Å². The summed E-state index contributed by atoms with van der Waals surface area (Å²) in [6.07, 6.45) is 0. The highest BCUT2D eigenvalue weighted by atomic mass is 16.5. The number of para-hydroxylation sites is 1. The molecule has 1 aliphatic heterocycles. The minimum Gasteiger partial charge on any atom is -0.496 e. The Hall–Kier alpha value is -3.86. The van der Waals surface area contributed by atoms with Crippen molar-refractivity contribution in [1.29, 1.82) is 0 Å². The minimum atomic E-state index is -0.352. The number of nitrogens with one attached hydrogen (secondary N) is 1. The molecule has 3 aromatic rings. The van der Waals surface area contributed by atoms with Gasteiger partial charge in [-0.1, -0.05) is 66.2 Å². The molecule has 2 amide bonds. The van der Waals surface area contributed by atoms with E-state index in [-0.39, 0.29) is 24.1 Å². The fourth-order valence-electron chi connectivity index (χ4n) is 3.79. The molecule has 0 fully saturated rings. The molecule has 0 saturated carbocycles. The number of amides is 2. The van der Waals surface area contributed by atoms with Gasteiger partial charge in [0, 0.05) is 11.3 Å². The molecule has 31 heavy (non-hydrogen) atoms. The van der Waals surface area contributed by atoms with Gasteiger partial charge in [0.25, 0.3) is 11.8 Å². The number of hydrogen-bond acceptors (Lipinski definition) is 4. The zero-order valence-electron chi connectivity index (χ0n) is 17.8. The summed E-state index contributed by atoms with van der Waals surface area (Å²) in [5, 5.41) is 3.24. The van der Waals surface area contributed by atoms with Crippen LogP contribution in [0.5, 0.6) is 5.75 Å². The number of hydrogen-bond donors (Lipinski definition) is 1. The molecule has 1 heterocycles. The van der Waals surface area contributed by atoms with E-state index in [0.29, 0.717) is 16.9 Å². The van der Waals surface area contributed by atoms with E-state index in [1.165, 1.54) is 4.90 Å². The second-order valence-corrected chi connectivity index (χ2v) is 7.58. The first-order valence-electron chi connectivity index (χ1n) is 10.1. The van der Waals surface area contributed by atoms with Crippen LogP contribution in [0.3, 0.4) is 0 Å². The van der Waals surface area contributed by atoms with Crippen molar-refractivity contribution in [1.82, 2.24) is 4.90 Å². The number of ether oxygens (including phenoxy) is 1. The Morgan fingerprint density at radius 2 is 1.58 bits per heavy atom. The summed E-state index contributed by atoms with van der Waals surface area (Å²) in [4.78, 5) is 28.2. The largest absolute Gasteiger partial charge is 0.496 e. The van der Waals surface area contributed by atoms with E-state index in [4.69, 9.17) is 4.74 Å². The molecule has 0 radical (unpaired) electrons. The lowest BCUT2D eigenvalue weighted by atomic mass is 10.0. The molecule has 156 valence electrons. The van der Waals surface area contributed by atoms with Gasteiger partial charge in [-0.15, -0.1) is 0 Å². The van der Waals surface area contributed by atoms with Crippen LogP contribution in [0, 0.1) is 13.8 Å². The molecule has 1 aliphatic rings. The molecule has 0 aromatic heterocycles. The Kier molecular flexibility index (Phi) is 5.58. The van der Waals surface area contributed by atoms with Gasteiger partial charge < -0.3 is 10.1 Å². The average molecular weight is 412 g/mol. The van der Waals surface area contributed by atoms with Crippen molar-refractivity contribution in [2.24, 2.45) is 0 Å². The van der Waals surface area contributed by atoms with Gasteiger partial charge in [0.2, 0.25) is 0 Å². The first-order chi connectivity index (χ1) is 15.0. The number of nitrogens with zero attached hydrogens (tertiary/aromatic N) is 1. The van der Waals surface area contributed by atoms with Crippen LogP contribution in [0.15, 0.2) is 78.5 Å². The van der Waals surface area contributed by atoms with Crippen LogP contribution in [-0.2, 0) is 16.1 Å². The van der Waals surface area contributed by atoms with Crippen molar-refractivity contribution in [2.45, 2.75) is 20.4 Å². The number of rotatable bonds is 6. The van der Waals surface area contributed by atoms with Gasteiger partial charge in [0.1, 0.15) is 11.4 Å². The third-order valence-corrected chi connectivity index (χ3v) is 5.37. The zero-order chi connectivity index (χ0) is 22.0. The standard InChI is InChI=1S/C26H24N2O3/c1-17-13-14-21(18(2)15-17)27-24-23(20-11-7-8-12-22(20)31-3)25(29)28(26(24)30)16-19-9-5-4-6-10-19/h4-15,27H,16H2,1-3H3. The number of benzene rings is 3. The van der Waals surface area contributed by atoms with Gasteiger partial charge in [-0.3, -0.25) is 14.5 Å². The van der Waals surface area contributed by atoms with Crippen LogP contribution >= 0.6 is 0 Å². The predicted molar refractivity (Wildman–Crippen MR) is 121 cm³/mol. The van der Waals surface area contributed by atoms with E-state index >= 15 is 0 Å². The third kappa shape index (κ3) is 3.94. The highest BCUT2D eigenvalue weighted by Crippen LogP contribution is 2.36. The fourth-order valence-corrected chi connectivity index (χ4v) is 3.79. The van der Waals surface area contributed by atoms with Gasteiger partial charge in [-0.25, -0.2) is 0 Å². The Balaban J connectivity index is 1.80. The third-order valence-electron chi connectivity index (χ3n) is 5.37. The lowest BCUT2D eigenvalue weighted by Crippen LogP contribution is -2.32. The number of carbonyl (C=O) groups excluding carboxylic acids is 2. The van der Waals surface area contributed by atoms with Crippen LogP contribution in [0.25, 0.3) is 5.57 Å². The maximum absolute atomic E-state index is 13.5. The van der Waals surface area contributed by atoms with Crippen molar-refractivity contribution in [2.75, 3.05) is 12.4 Å². The van der Waals surface area contributed by atoms with Crippen molar-refractivity contribution >= 4 is 23.1 Å². The predicted octanol–water partition coefficient (Wildman–Crippen LogP) is 4.70. The lowest BCUT2D eigenvalue weighted by molar-refractivity contribution is -0.137. The maximum atomic E-state index is 13.5. The average Bonchev–Trinajstić information content (AvgIpc) is 3.00. The van der Waals surface area contributed by atoms with Crippen molar-refractivity contribution in [3.05, 3.63) is 101 Å². The molecule has 0 atom stereocenters. The van der Waals surface area contributed by atoms with Gasteiger partial charge in [0.05, 0.1) is 19.2 Å². The number of imide groups is 1. The van der Waals surface area contributed by atoms with Crippen molar-refractivity contribution < 1.29 is 14.3 Å². The maximum Gasteiger partial charge on any atom is 0.278 e. The van der Waals surface area contributed by atoms with Crippen LogP contribution in [0.4, 0.5) is 5.69 Å². The monoisotopic (exact) mass is 412 g/mol. The summed E-state index contributed by atoms with van der Waals surface area (Å²) in [5.74, 6) is -0.152. The summed E-state index contributed by atoms with van der Waals surface area (Å²) >= 11 is 0. The summed E-state index contributed by atoms with van der Waals surface area (Å²) in [6, 6.07) is 22.7. The molecular weight excluding hydrogens is 388 g/mol. The molecule has 0 spiro atoms. The van der Waals surface area contributed by atoms with Gasteiger partial charge in [0.15, 0.2) is 0 Å². The van der Waals surface area contributed by atoms with Gasteiger partial charge >= 0.3 is 0 Å². The Morgan fingerprint density at radius 1 is 0.871 bits per heavy atom. The zero-order valence-corrected chi connectivity index (χ0v) is 17.8. The SMILES string of the molecule is COc1ccccc1C1=C(Nc2ccc(C)cc2C)C(=O)N(Cc2ccccc2)C1=O. The van der Waals surface area contributed by atoms with E-state index < -0.39 is 0 Å². The molecule has 0 saturated heterocycles. The summed E-state index contributed by atoms with van der Waals surface area (Å²) in [5.41, 5.74) is 4.96. The summed E-state index contributed by atoms with van der Waals surface area (Å²) in [7, 11) is 1.56. The van der Waals surface area contributed by atoms with Gasteiger partial charge in [-0.05, 0) is 37.1 Å². The lowest BCUT2D eigenvalue weighted by Gasteiger charge is -2.16. The van der Waals surface area contributed by atoms with Crippen LogP contribution < -0.4 is 10.1 Å².